The number of hydrogen-bond donors (Lipinski definition) is 2. The zero-order valence-electron chi connectivity index (χ0n) is 15.0. The van der Waals surface area contributed by atoms with Gasteiger partial charge in [0.2, 0.25) is 0 Å². The number of amides is 2. The Kier molecular flexibility index (Phi) is 6.94. The maximum atomic E-state index is 12.9. The molecule has 0 unspecified atom stereocenters. The van der Waals surface area contributed by atoms with Crippen LogP contribution < -0.4 is 10.6 Å². The highest BCUT2D eigenvalue weighted by Crippen LogP contribution is 2.32. The molecule has 146 valence electrons. The lowest BCUT2D eigenvalue weighted by atomic mass is 10.1. The average molecular weight is 446 g/mol. The lowest BCUT2D eigenvalue weighted by molar-refractivity contribution is -0.113. The minimum atomic E-state index is -0.557. The molecule has 0 spiro atoms. The third-order valence-electron chi connectivity index (χ3n) is 3.90. The molecule has 2 N–H and O–H groups in total. The molecule has 2 amide bonds. The highest BCUT2D eigenvalue weighted by molar-refractivity contribution is 6.44. The largest absolute Gasteiger partial charge is 0.319 e. The van der Waals surface area contributed by atoms with Crippen LogP contribution in [0.3, 0.4) is 0 Å². The van der Waals surface area contributed by atoms with Crippen LogP contribution >= 0.6 is 34.8 Å². The summed E-state index contributed by atoms with van der Waals surface area (Å²) in [5.74, 6) is -0.971. The summed E-state index contributed by atoms with van der Waals surface area (Å²) in [6, 6.07) is 20.6. The van der Waals surface area contributed by atoms with Gasteiger partial charge in [0.05, 0.1) is 20.8 Å². The number of halogens is 3. The van der Waals surface area contributed by atoms with Gasteiger partial charge in [-0.25, -0.2) is 0 Å². The lowest BCUT2D eigenvalue weighted by Crippen LogP contribution is -2.30. The molecular weight excluding hydrogens is 431 g/mol. The van der Waals surface area contributed by atoms with Crippen LogP contribution in [0.4, 0.5) is 5.69 Å². The fraction of sp³-hybridized carbons (Fsp3) is 0. The molecule has 7 heteroatoms. The molecule has 0 saturated carbocycles. The molecule has 0 saturated heterocycles. The van der Waals surface area contributed by atoms with Gasteiger partial charge in [-0.15, -0.1) is 0 Å². The fourth-order valence-corrected chi connectivity index (χ4v) is 3.06. The summed E-state index contributed by atoms with van der Waals surface area (Å²) < 4.78 is 0. The van der Waals surface area contributed by atoms with E-state index in [9.17, 15) is 9.59 Å². The Morgan fingerprint density at radius 3 is 2.00 bits per heavy atom. The van der Waals surface area contributed by atoms with Crippen molar-refractivity contribution in [3.05, 3.63) is 105 Å². The number of carbonyl (C=O) groups excluding carboxylic acids is 2. The number of rotatable bonds is 5. The normalized spacial score (nSPS) is 11.1. The van der Waals surface area contributed by atoms with Gasteiger partial charge >= 0.3 is 0 Å². The van der Waals surface area contributed by atoms with Crippen molar-refractivity contribution >= 4 is 58.4 Å². The topological polar surface area (TPSA) is 58.2 Å². The lowest BCUT2D eigenvalue weighted by Gasteiger charge is -2.13. The zero-order chi connectivity index (χ0) is 20.8. The molecule has 3 aromatic rings. The van der Waals surface area contributed by atoms with Crippen LogP contribution in [0.15, 0.2) is 78.5 Å². The van der Waals surface area contributed by atoms with E-state index < -0.39 is 11.8 Å². The van der Waals surface area contributed by atoms with E-state index in [1.54, 1.807) is 36.4 Å². The van der Waals surface area contributed by atoms with Gasteiger partial charge in [0.25, 0.3) is 11.8 Å². The molecule has 3 aromatic carbocycles. The van der Waals surface area contributed by atoms with E-state index in [1.807, 2.05) is 30.3 Å². The van der Waals surface area contributed by atoms with Gasteiger partial charge in [-0.1, -0.05) is 83.3 Å². The number of anilines is 1. The highest BCUT2D eigenvalue weighted by Gasteiger charge is 2.17. The van der Waals surface area contributed by atoms with Crippen molar-refractivity contribution < 1.29 is 9.59 Å². The summed E-state index contributed by atoms with van der Waals surface area (Å²) in [5.41, 5.74) is 1.49. The monoisotopic (exact) mass is 444 g/mol. The van der Waals surface area contributed by atoms with Crippen molar-refractivity contribution in [2.75, 3.05) is 5.32 Å². The van der Waals surface area contributed by atoms with Crippen molar-refractivity contribution in [2.45, 2.75) is 0 Å². The molecule has 0 aliphatic carbocycles. The summed E-state index contributed by atoms with van der Waals surface area (Å²) in [6.45, 7) is 0. The molecule has 29 heavy (non-hydrogen) atoms. The molecule has 0 heterocycles. The second-order valence-corrected chi connectivity index (χ2v) is 7.21. The van der Waals surface area contributed by atoms with Crippen LogP contribution in [0.1, 0.15) is 15.9 Å². The van der Waals surface area contributed by atoms with Crippen LogP contribution in [0.25, 0.3) is 6.08 Å². The first-order chi connectivity index (χ1) is 13.9. The molecule has 0 atom stereocenters. The van der Waals surface area contributed by atoms with Crippen LogP contribution in [-0.4, -0.2) is 11.8 Å². The average Bonchev–Trinajstić information content (AvgIpc) is 2.72. The Hall–Kier alpha value is -2.79. The van der Waals surface area contributed by atoms with Crippen LogP contribution in [0, 0.1) is 0 Å². The fourth-order valence-electron chi connectivity index (χ4n) is 2.47. The van der Waals surface area contributed by atoms with Crippen molar-refractivity contribution in [3.63, 3.8) is 0 Å². The molecule has 0 aliphatic rings. The summed E-state index contributed by atoms with van der Waals surface area (Å²) in [7, 11) is 0. The van der Waals surface area contributed by atoms with Gasteiger partial charge in [0.15, 0.2) is 0 Å². The number of hydrogen-bond acceptors (Lipinski definition) is 2. The maximum Gasteiger partial charge on any atom is 0.272 e. The predicted molar refractivity (Wildman–Crippen MR) is 118 cm³/mol. The molecule has 0 bridgehead atoms. The van der Waals surface area contributed by atoms with Crippen LogP contribution in [0.5, 0.6) is 0 Å². The Morgan fingerprint density at radius 2 is 1.34 bits per heavy atom. The van der Waals surface area contributed by atoms with E-state index in [0.717, 1.165) is 5.56 Å². The van der Waals surface area contributed by atoms with Gasteiger partial charge < -0.3 is 10.6 Å². The van der Waals surface area contributed by atoms with Gasteiger partial charge in [0.1, 0.15) is 5.70 Å². The minimum absolute atomic E-state index is 0.0483. The molecule has 3 rings (SSSR count). The molecule has 4 nitrogen and oxygen atoms in total. The van der Waals surface area contributed by atoms with E-state index >= 15 is 0 Å². The molecule has 0 radical (unpaired) electrons. The Labute approximate surface area is 183 Å². The second-order valence-electron chi connectivity index (χ2n) is 5.99. The number of carbonyl (C=O) groups is 2. The summed E-state index contributed by atoms with van der Waals surface area (Å²) >= 11 is 18.1. The van der Waals surface area contributed by atoms with E-state index in [2.05, 4.69) is 10.6 Å². The first kappa shape index (κ1) is 20.9. The Bertz CT molecular complexity index is 1070. The van der Waals surface area contributed by atoms with E-state index in [1.165, 1.54) is 12.1 Å². The third kappa shape index (κ3) is 5.61. The van der Waals surface area contributed by atoms with Gasteiger partial charge in [-0.3, -0.25) is 9.59 Å². The summed E-state index contributed by atoms with van der Waals surface area (Å²) in [4.78, 5) is 25.5. The quantitative estimate of drug-likeness (QED) is 0.371. The van der Waals surface area contributed by atoms with Crippen LogP contribution in [0.2, 0.25) is 15.1 Å². The zero-order valence-corrected chi connectivity index (χ0v) is 17.2. The first-order valence-corrected chi connectivity index (χ1v) is 9.66. The van der Waals surface area contributed by atoms with Crippen LogP contribution in [-0.2, 0) is 4.79 Å². The molecular formula is C22H15Cl3N2O2. The van der Waals surface area contributed by atoms with E-state index in [0.29, 0.717) is 5.56 Å². The predicted octanol–water partition coefficient (Wildman–Crippen LogP) is 6.06. The van der Waals surface area contributed by atoms with Crippen molar-refractivity contribution in [1.29, 1.82) is 0 Å². The van der Waals surface area contributed by atoms with E-state index in [4.69, 9.17) is 34.8 Å². The summed E-state index contributed by atoms with van der Waals surface area (Å²) in [5, 5.41) is 6.05. The Balaban J connectivity index is 1.90. The highest BCUT2D eigenvalue weighted by atomic mass is 35.5. The van der Waals surface area contributed by atoms with E-state index in [-0.39, 0.29) is 26.5 Å². The van der Waals surface area contributed by atoms with Crippen molar-refractivity contribution in [2.24, 2.45) is 0 Å². The van der Waals surface area contributed by atoms with Gasteiger partial charge in [-0.2, -0.15) is 0 Å². The van der Waals surface area contributed by atoms with Gasteiger partial charge in [-0.05, 0) is 35.9 Å². The standard InChI is InChI=1S/C22H15Cl3N2O2/c23-16-12-18(25)19(13-17(16)24)26-22(29)20(11-14-7-3-1-4-8-14)27-21(28)15-9-5-2-6-10-15/h1-13H,(H,26,29)(H,27,28). The van der Waals surface area contributed by atoms with Crippen molar-refractivity contribution in [3.8, 4) is 0 Å². The minimum Gasteiger partial charge on any atom is -0.319 e. The first-order valence-electron chi connectivity index (χ1n) is 8.53. The molecule has 0 aromatic heterocycles. The number of benzene rings is 3. The molecule has 0 fully saturated rings. The maximum absolute atomic E-state index is 12.9. The Morgan fingerprint density at radius 1 is 0.759 bits per heavy atom. The second kappa shape index (κ2) is 9.61. The number of nitrogens with one attached hydrogen (secondary N) is 2. The van der Waals surface area contributed by atoms with Crippen molar-refractivity contribution in [1.82, 2.24) is 5.32 Å². The molecule has 0 aliphatic heterocycles. The summed E-state index contributed by atoms with van der Waals surface area (Å²) in [6.07, 6.45) is 1.57. The van der Waals surface area contributed by atoms with Gasteiger partial charge in [0, 0.05) is 5.56 Å². The smallest absolute Gasteiger partial charge is 0.272 e. The SMILES string of the molecule is O=C(Nc1cc(Cl)c(Cl)cc1Cl)C(=Cc1ccccc1)NC(=O)c1ccccc1. The third-order valence-corrected chi connectivity index (χ3v) is 4.93.